The molecule has 1 N–H and O–H groups in total. The van der Waals surface area contributed by atoms with Crippen LogP contribution in [0.4, 0.5) is 0 Å². The van der Waals surface area contributed by atoms with E-state index in [4.69, 9.17) is 5.11 Å². The summed E-state index contributed by atoms with van der Waals surface area (Å²) in [6.45, 7) is 4.34. The zero-order chi connectivity index (χ0) is 13.6. The molecule has 1 saturated heterocycles. The van der Waals surface area contributed by atoms with Crippen LogP contribution < -0.4 is 0 Å². The van der Waals surface area contributed by atoms with Crippen molar-refractivity contribution in [3.63, 3.8) is 0 Å². The van der Waals surface area contributed by atoms with E-state index in [1.54, 1.807) is 0 Å². The minimum atomic E-state index is 0.371. The van der Waals surface area contributed by atoms with Gasteiger partial charge in [-0.05, 0) is 19.4 Å². The van der Waals surface area contributed by atoms with Crippen molar-refractivity contribution in [3.8, 4) is 0 Å². The van der Waals surface area contributed by atoms with Gasteiger partial charge >= 0.3 is 0 Å². The maximum absolute atomic E-state index is 8.68. The van der Waals surface area contributed by atoms with E-state index in [1.165, 1.54) is 88.9 Å². The predicted octanol–water partition coefficient (Wildman–Crippen LogP) is 3.93. The highest BCUT2D eigenvalue weighted by Gasteiger charge is 2.08. The molecule has 0 aromatic rings. The average molecular weight is 288 g/mol. The van der Waals surface area contributed by atoms with Gasteiger partial charge in [0.05, 0.1) is 0 Å². The lowest BCUT2D eigenvalue weighted by Gasteiger charge is -2.25. The molecule has 1 rings (SSSR count). The van der Waals surface area contributed by atoms with E-state index in [0.717, 1.165) is 6.42 Å². The Morgan fingerprint density at radius 1 is 0.684 bits per heavy atom. The first-order valence-corrected chi connectivity index (χ1v) is 9.50. The number of nitrogens with zero attached hydrogens (tertiary/aromatic N) is 1. The van der Waals surface area contributed by atoms with Gasteiger partial charge in [0.1, 0.15) is 0 Å². The van der Waals surface area contributed by atoms with Gasteiger partial charge in [-0.25, -0.2) is 0 Å². The summed E-state index contributed by atoms with van der Waals surface area (Å²) in [5.74, 6) is 2.69. The molecule has 1 fully saturated rings. The highest BCUT2D eigenvalue weighted by Crippen LogP contribution is 2.12. The van der Waals surface area contributed by atoms with Crippen molar-refractivity contribution in [3.05, 3.63) is 0 Å². The third kappa shape index (κ3) is 10.7. The number of thioether (sulfide) groups is 1. The van der Waals surface area contributed by atoms with E-state index in [-0.39, 0.29) is 0 Å². The Balaban J connectivity index is 1.71. The van der Waals surface area contributed by atoms with Crippen molar-refractivity contribution < 1.29 is 5.11 Å². The van der Waals surface area contributed by atoms with E-state index in [9.17, 15) is 0 Å². The van der Waals surface area contributed by atoms with Crippen molar-refractivity contribution in [2.45, 2.75) is 64.2 Å². The lowest BCUT2D eigenvalue weighted by Crippen LogP contribution is -2.33. The number of hydrogen-bond donors (Lipinski definition) is 1. The van der Waals surface area contributed by atoms with Crippen molar-refractivity contribution in [2.24, 2.45) is 0 Å². The van der Waals surface area contributed by atoms with Gasteiger partial charge in [-0.3, -0.25) is 0 Å². The molecule has 1 aliphatic rings. The van der Waals surface area contributed by atoms with Gasteiger partial charge in [0.2, 0.25) is 0 Å². The molecule has 19 heavy (non-hydrogen) atoms. The largest absolute Gasteiger partial charge is 0.396 e. The monoisotopic (exact) mass is 287 g/mol. The maximum Gasteiger partial charge on any atom is 0.0431 e. The smallest absolute Gasteiger partial charge is 0.0431 e. The second-order valence-electron chi connectivity index (χ2n) is 5.71. The molecule has 3 heteroatoms. The molecule has 114 valence electrons. The highest BCUT2D eigenvalue weighted by atomic mass is 32.2. The molecule has 2 nitrogen and oxygen atoms in total. The Morgan fingerprint density at radius 2 is 1.16 bits per heavy atom. The standard InChI is InChI=1S/C16H33NOS/c18-14-10-8-6-4-2-1-3-5-7-9-11-17-12-15-19-16-13-17/h18H,1-16H2. The van der Waals surface area contributed by atoms with E-state index in [0.29, 0.717) is 6.61 Å². The number of aliphatic hydroxyl groups is 1. The lowest BCUT2D eigenvalue weighted by atomic mass is 10.1. The maximum atomic E-state index is 8.68. The normalized spacial score (nSPS) is 16.9. The quantitative estimate of drug-likeness (QED) is 0.550. The van der Waals surface area contributed by atoms with Gasteiger partial charge in [-0.15, -0.1) is 0 Å². The molecule has 0 aromatic carbocycles. The summed E-state index contributed by atoms with van der Waals surface area (Å²) in [4.78, 5) is 2.64. The Morgan fingerprint density at radius 3 is 1.68 bits per heavy atom. The van der Waals surface area contributed by atoms with Crippen molar-refractivity contribution >= 4 is 11.8 Å². The van der Waals surface area contributed by atoms with Crippen LogP contribution in [0.5, 0.6) is 0 Å². The van der Waals surface area contributed by atoms with Crippen LogP contribution >= 0.6 is 11.8 Å². The summed E-state index contributed by atoms with van der Waals surface area (Å²) in [6.07, 6.45) is 13.4. The SMILES string of the molecule is OCCCCCCCCCCCCN1CCSCC1. The summed E-state index contributed by atoms with van der Waals surface area (Å²) in [7, 11) is 0. The van der Waals surface area contributed by atoms with Crippen molar-refractivity contribution in [1.82, 2.24) is 4.90 Å². The molecule has 0 aromatic heterocycles. The number of hydrogen-bond acceptors (Lipinski definition) is 3. The van der Waals surface area contributed by atoms with Gasteiger partial charge in [0, 0.05) is 31.2 Å². The first-order chi connectivity index (χ1) is 9.43. The molecule has 1 aliphatic heterocycles. The van der Waals surface area contributed by atoms with E-state index < -0.39 is 0 Å². The molecular weight excluding hydrogens is 254 g/mol. The third-order valence-corrected chi connectivity index (χ3v) is 4.93. The lowest BCUT2D eigenvalue weighted by molar-refractivity contribution is 0.282. The molecule has 0 bridgehead atoms. The number of unbranched alkanes of at least 4 members (excludes halogenated alkanes) is 9. The molecule has 0 amide bonds. The number of aliphatic hydroxyl groups excluding tert-OH is 1. The first kappa shape index (κ1) is 17.3. The van der Waals surface area contributed by atoms with E-state index in [2.05, 4.69) is 16.7 Å². The summed E-state index contributed by atoms with van der Waals surface area (Å²) in [5.41, 5.74) is 0. The van der Waals surface area contributed by atoms with Crippen LogP contribution in [0.2, 0.25) is 0 Å². The second-order valence-corrected chi connectivity index (χ2v) is 6.94. The molecule has 0 saturated carbocycles. The number of rotatable bonds is 12. The van der Waals surface area contributed by atoms with Crippen molar-refractivity contribution in [1.29, 1.82) is 0 Å². The van der Waals surface area contributed by atoms with Crippen LogP contribution in [-0.4, -0.2) is 47.8 Å². The van der Waals surface area contributed by atoms with Crippen LogP contribution in [-0.2, 0) is 0 Å². The Labute approximate surface area is 124 Å². The zero-order valence-corrected chi connectivity index (χ0v) is 13.4. The summed E-state index contributed by atoms with van der Waals surface area (Å²) < 4.78 is 0. The van der Waals surface area contributed by atoms with E-state index in [1.807, 2.05) is 0 Å². The van der Waals surface area contributed by atoms with Crippen LogP contribution in [0.25, 0.3) is 0 Å². The minimum absolute atomic E-state index is 0.371. The zero-order valence-electron chi connectivity index (χ0n) is 12.6. The van der Waals surface area contributed by atoms with Crippen molar-refractivity contribution in [2.75, 3.05) is 37.7 Å². The second kappa shape index (κ2) is 13.3. The van der Waals surface area contributed by atoms with Gasteiger partial charge in [0.25, 0.3) is 0 Å². The van der Waals surface area contributed by atoms with Crippen LogP contribution in [0, 0.1) is 0 Å². The third-order valence-electron chi connectivity index (χ3n) is 3.99. The minimum Gasteiger partial charge on any atom is -0.396 e. The topological polar surface area (TPSA) is 23.5 Å². The molecule has 0 atom stereocenters. The van der Waals surface area contributed by atoms with Crippen LogP contribution in [0.1, 0.15) is 64.2 Å². The fourth-order valence-electron chi connectivity index (χ4n) is 2.69. The molecule has 0 radical (unpaired) electrons. The molecule has 1 heterocycles. The Bertz CT molecular complexity index is 184. The van der Waals surface area contributed by atoms with Gasteiger partial charge < -0.3 is 10.0 Å². The van der Waals surface area contributed by atoms with Gasteiger partial charge in [-0.1, -0.05) is 51.4 Å². The average Bonchev–Trinajstić information content (AvgIpc) is 2.46. The Kier molecular flexibility index (Phi) is 12.1. The van der Waals surface area contributed by atoms with Gasteiger partial charge in [-0.2, -0.15) is 11.8 Å². The fourth-order valence-corrected chi connectivity index (χ4v) is 3.66. The summed E-state index contributed by atoms with van der Waals surface area (Å²) >= 11 is 2.10. The van der Waals surface area contributed by atoms with E-state index >= 15 is 0 Å². The van der Waals surface area contributed by atoms with Gasteiger partial charge in [0.15, 0.2) is 0 Å². The molecule has 0 spiro atoms. The molecular formula is C16H33NOS. The van der Waals surface area contributed by atoms with Crippen LogP contribution in [0.15, 0.2) is 0 Å². The molecule has 0 aliphatic carbocycles. The summed E-state index contributed by atoms with van der Waals surface area (Å²) in [5, 5.41) is 8.68. The molecule has 0 unspecified atom stereocenters. The Hall–Kier alpha value is 0.270. The fraction of sp³-hybridized carbons (Fsp3) is 1.00. The predicted molar refractivity (Wildman–Crippen MR) is 87.0 cm³/mol. The first-order valence-electron chi connectivity index (χ1n) is 8.34. The highest BCUT2D eigenvalue weighted by molar-refractivity contribution is 7.99. The summed E-state index contributed by atoms with van der Waals surface area (Å²) in [6, 6.07) is 0. The van der Waals surface area contributed by atoms with Crippen LogP contribution in [0.3, 0.4) is 0 Å².